The van der Waals surface area contributed by atoms with E-state index in [-0.39, 0.29) is 18.1 Å². The number of aryl methyl sites for hydroxylation is 2. The van der Waals surface area contributed by atoms with E-state index >= 15 is 0 Å². The molecule has 1 saturated heterocycles. The van der Waals surface area contributed by atoms with Crippen molar-refractivity contribution in [2.45, 2.75) is 27.3 Å². The maximum Gasteiger partial charge on any atom is 0.329 e. The molecule has 152 valence electrons. The van der Waals surface area contributed by atoms with E-state index in [0.717, 1.165) is 33.8 Å². The zero-order chi connectivity index (χ0) is 21.4. The van der Waals surface area contributed by atoms with Gasteiger partial charge in [-0.2, -0.15) is 0 Å². The van der Waals surface area contributed by atoms with Crippen molar-refractivity contribution in [1.82, 2.24) is 14.8 Å². The van der Waals surface area contributed by atoms with E-state index < -0.39 is 6.03 Å². The van der Waals surface area contributed by atoms with Crippen LogP contribution in [0.15, 0.2) is 60.3 Å². The van der Waals surface area contributed by atoms with E-state index in [0.29, 0.717) is 5.02 Å². The number of hydrogen-bond acceptors (Lipinski definition) is 2. The van der Waals surface area contributed by atoms with Crippen molar-refractivity contribution in [3.05, 3.63) is 93.4 Å². The van der Waals surface area contributed by atoms with E-state index in [9.17, 15) is 9.59 Å². The SMILES string of the molecule is Cc1ccc(Cl)cc1-n1c(C)cc(/C=C2/NC(=O)N(Cc3ccccc3)C2=O)c1C. The predicted molar refractivity (Wildman–Crippen MR) is 118 cm³/mol. The molecule has 3 aromatic rings. The Balaban J connectivity index is 1.67. The Hall–Kier alpha value is -3.31. The molecular weight excluding hydrogens is 398 g/mol. The number of rotatable bonds is 4. The Kier molecular flexibility index (Phi) is 5.22. The number of halogens is 1. The Morgan fingerprint density at radius 1 is 1.00 bits per heavy atom. The number of hydrogen-bond donors (Lipinski definition) is 1. The zero-order valence-electron chi connectivity index (χ0n) is 17.1. The van der Waals surface area contributed by atoms with Crippen LogP contribution in [0.1, 0.15) is 28.1 Å². The van der Waals surface area contributed by atoms with Crippen LogP contribution in [0.5, 0.6) is 0 Å². The number of carbonyl (C=O) groups excluding carboxylic acids is 2. The predicted octanol–water partition coefficient (Wildman–Crippen LogP) is 5.15. The fourth-order valence-electron chi connectivity index (χ4n) is 3.76. The lowest BCUT2D eigenvalue weighted by Gasteiger charge is -2.13. The lowest BCUT2D eigenvalue weighted by molar-refractivity contribution is -0.123. The Morgan fingerprint density at radius 3 is 2.47 bits per heavy atom. The van der Waals surface area contributed by atoms with E-state index in [4.69, 9.17) is 11.6 Å². The zero-order valence-corrected chi connectivity index (χ0v) is 17.8. The Labute approximate surface area is 180 Å². The number of carbonyl (C=O) groups is 2. The molecule has 0 atom stereocenters. The molecule has 0 unspecified atom stereocenters. The molecule has 0 spiro atoms. The maximum atomic E-state index is 12.8. The number of urea groups is 1. The van der Waals surface area contributed by atoms with Crippen LogP contribution in [0.4, 0.5) is 4.79 Å². The van der Waals surface area contributed by atoms with Gasteiger partial charge >= 0.3 is 6.03 Å². The van der Waals surface area contributed by atoms with Crippen LogP contribution < -0.4 is 5.32 Å². The molecule has 2 aromatic carbocycles. The van der Waals surface area contributed by atoms with E-state index in [1.165, 1.54) is 4.90 Å². The van der Waals surface area contributed by atoms with Crippen molar-refractivity contribution in [3.63, 3.8) is 0 Å². The van der Waals surface area contributed by atoms with Gasteiger partial charge in [0.05, 0.1) is 6.54 Å². The van der Waals surface area contributed by atoms with Gasteiger partial charge in [-0.15, -0.1) is 0 Å². The first kappa shape index (κ1) is 20.0. The van der Waals surface area contributed by atoms with Gasteiger partial charge in [0.1, 0.15) is 5.70 Å². The third kappa shape index (κ3) is 3.64. The molecule has 6 heteroatoms. The number of benzene rings is 2. The van der Waals surface area contributed by atoms with Crippen molar-refractivity contribution in [2.24, 2.45) is 0 Å². The molecule has 4 rings (SSSR count). The lowest BCUT2D eigenvalue weighted by Crippen LogP contribution is -2.30. The summed E-state index contributed by atoms with van der Waals surface area (Å²) in [6.45, 7) is 6.27. The van der Waals surface area contributed by atoms with Gasteiger partial charge in [-0.25, -0.2) is 4.79 Å². The van der Waals surface area contributed by atoms with Gasteiger partial charge in [0.15, 0.2) is 0 Å². The molecule has 0 radical (unpaired) electrons. The first-order valence-corrected chi connectivity index (χ1v) is 10.1. The quantitative estimate of drug-likeness (QED) is 0.469. The first-order chi connectivity index (χ1) is 14.3. The molecule has 0 aliphatic carbocycles. The molecule has 0 bridgehead atoms. The maximum absolute atomic E-state index is 12.8. The summed E-state index contributed by atoms with van der Waals surface area (Å²) in [6.07, 6.45) is 1.74. The number of imide groups is 1. The van der Waals surface area contributed by atoms with E-state index in [1.54, 1.807) is 6.08 Å². The Morgan fingerprint density at radius 2 is 1.73 bits per heavy atom. The van der Waals surface area contributed by atoms with Crippen molar-refractivity contribution in [3.8, 4) is 5.69 Å². The minimum atomic E-state index is -0.408. The average molecular weight is 420 g/mol. The number of amides is 3. The number of nitrogens with zero attached hydrogens (tertiary/aromatic N) is 2. The van der Waals surface area contributed by atoms with E-state index in [1.807, 2.05) is 75.4 Å². The smallest absolute Gasteiger partial charge is 0.318 e. The van der Waals surface area contributed by atoms with Crippen LogP contribution >= 0.6 is 11.6 Å². The van der Waals surface area contributed by atoms with Gasteiger partial charge in [-0.1, -0.05) is 48.0 Å². The van der Waals surface area contributed by atoms with Gasteiger partial charge in [-0.3, -0.25) is 9.69 Å². The highest BCUT2D eigenvalue weighted by Gasteiger charge is 2.33. The van der Waals surface area contributed by atoms with Crippen LogP contribution in [0.25, 0.3) is 11.8 Å². The molecule has 2 heterocycles. The van der Waals surface area contributed by atoms with Crippen molar-refractivity contribution in [1.29, 1.82) is 0 Å². The normalized spacial score (nSPS) is 15.2. The van der Waals surface area contributed by atoms with Gasteiger partial charge in [-0.05, 0) is 61.7 Å². The molecule has 3 amide bonds. The first-order valence-electron chi connectivity index (χ1n) is 9.69. The monoisotopic (exact) mass is 419 g/mol. The minimum absolute atomic E-state index is 0.240. The fourth-order valence-corrected chi connectivity index (χ4v) is 3.93. The summed E-state index contributed by atoms with van der Waals surface area (Å²) >= 11 is 6.21. The molecule has 1 fully saturated rings. The molecule has 1 aromatic heterocycles. The van der Waals surface area contributed by atoms with Crippen LogP contribution in [0.3, 0.4) is 0 Å². The summed E-state index contributed by atoms with van der Waals surface area (Å²) in [4.78, 5) is 26.5. The summed E-state index contributed by atoms with van der Waals surface area (Å²) in [5.41, 5.74) is 6.12. The summed E-state index contributed by atoms with van der Waals surface area (Å²) in [5.74, 6) is -0.326. The van der Waals surface area contributed by atoms with Crippen LogP contribution in [0.2, 0.25) is 5.02 Å². The Bertz CT molecular complexity index is 1180. The summed E-state index contributed by atoms with van der Waals surface area (Å²) < 4.78 is 2.11. The average Bonchev–Trinajstić information content (AvgIpc) is 3.14. The summed E-state index contributed by atoms with van der Waals surface area (Å²) in [7, 11) is 0. The third-order valence-corrected chi connectivity index (χ3v) is 5.56. The molecule has 1 aliphatic rings. The second-order valence-corrected chi connectivity index (χ2v) is 7.89. The van der Waals surface area contributed by atoms with Crippen LogP contribution in [0, 0.1) is 20.8 Å². The van der Waals surface area contributed by atoms with Gasteiger partial charge in [0.25, 0.3) is 5.91 Å². The summed E-state index contributed by atoms with van der Waals surface area (Å²) in [6, 6.07) is 16.8. The second kappa shape index (κ2) is 7.84. The van der Waals surface area contributed by atoms with Crippen LogP contribution in [-0.2, 0) is 11.3 Å². The molecule has 30 heavy (non-hydrogen) atoms. The summed E-state index contributed by atoms with van der Waals surface area (Å²) in [5, 5.41) is 3.37. The number of nitrogens with one attached hydrogen (secondary N) is 1. The van der Waals surface area contributed by atoms with E-state index in [2.05, 4.69) is 9.88 Å². The second-order valence-electron chi connectivity index (χ2n) is 7.46. The van der Waals surface area contributed by atoms with Gasteiger partial charge in [0, 0.05) is 22.1 Å². The van der Waals surface area contributed by atoms with Crippen LogP contribution in [-0.4, -0.2) is 21.4 Å². The highest BCUT2D eigenvalue weighted by molar-refractivity contribution is 6.30. The lowest BCUT2D eigenvalue weighted by atomic mass is 10.1. The molecule has 5 nitrogen and oxygen atoms in total. The third-order valence-electron chi connectivity index (χ3n) is 5.33. The van der Waals surface area contributed by atoms with Crippen molar-refractivity contribution < 1.29 is 9.59 Å². The topological polar surface area (TPSA) is 54.3 Å². The van der Waals surface area contributed by atoms with Crippen molar-refractivity contribution in [2.75, 3.05) is 0 Å². The largest absolute Gasteiger partial charge is 0.329 e. The van der Waals surface area contributed by atoms with Crippen molar-refractivity contribution >= 4 is 29.6 Å². The molecule has 0 saturated carbocycles. The standard InChI is InChI=1S/C24H22ClN3O2/c1-15-9-10-20(25)13-22(15)28-16(2)11-19(17(28)3)12-21-23(29)27(24(30)26-21)14-18-7-5-4-6-8-18/h4-13H,14H2,1-3H3,(H,26,30)/b21-12+. The molecular formula is C24H22ClN3O2. The highest BCUT2D eigenvalue weighted by atomic mass is 35.5. The minimum Gasteiger partial charge on any atom is -0.318 e. The fraction of sp³-hybridized carbons (Fsp3) is 0.167. The van der Waals surface area contributed by atoms with Gasteiger partial charge in [0.2, 0.25) is 0 Å². The molecule has 1 aliphatic heterocycles. The highest BCUT2D eigenvalue weighted by Crippen LogP contribution is 2.27. The van der Waals surface area contributed by atoms with Gasteiger partial charge < -0.3 is 9.88 Å². The number of aromatic nitrogens is 1. The molecule has 1 N–H and O–H groups in total.